The van der Waals surface area contributed by atoms with Crippen molar-refractivity contribution in [2.75, 3.05) is 7.05 Å². The number of benzene rings is 1. The predicted molar refractivity (Wildman–Crippen MR) is 94.9 cm³/mol. The highest BCUT2D eigenvalue weighted by molar-refractivity contribution is 5.90. The van der Waals surface area contributed by atoms with Crippen LogP contribution in [0.25, 0.3) is 0 Å². The molecule has 1 aromatic rings. The molecule has 0 spiro atoms. The van der Waals surface area contributed by atoms with Crippen molar-refractivity contribution >= 4 is 11.8 Å². The number of hydrogen-bond donors (Lipinski definition) is 3. The largest absolute Gasteiger partial charge is 0.416 e. The number of aliphatic hydroxyl groups is 2. The van der Waals surface area contributed by atoms with Crippen LogP contribution in [0.15, 0.2) is 24.3 Å². The Morgan fingerprint density at radius 1 is 1.11 bits per heavy atom. The van der Waals surface area contributed by atoms with E-state index in [0.717, 1.165) is 44.2 Å². The topological polar surface area (TPSA) is 89.9 Å². The zero-order valence-electron chi connectivity index (χ0n) is 15.6. The number of carbonyl (C=O) groups is 2. The molecular formula is C19H25F3N2O4. The first-order valence-corrected chi connectivity index (χ1v) is 9.18. The van der Waals surface area contributed by atoms with E-state index < -0.39 is 35.8 Å². The van der Waals surface area contributed by atoms with E-state index in [2.05, 4.69) is 5.32 Å². The van der Waals surface area contributed by atoms with Crippen LogP contribution in [0, 0.1) is 0 Å². The standard InChI is InChI=1S/C19H25F3N2O4/c1-24(14-5-3-2-4-6-14)18(28)16(26)15(25)17(27)23-11-12-7-9-13(10-8-12)19(20,21)22/h7-10,14-16,25-26H,2-6,11H2,1H3,(H,23,27). The smallest absolute Gasteiger partial charge is 0.380 e. The van der Waals surface area contributed by atoms with Crippen molar-refractivity contribution in [3.63, 3.8) is 0 Å². The Kier molecular flexibility index (Phi) is 7.42. The number of halogens is 3. The zero-order valence-corrected chi connectivity index (χ0v) is 15.6. The van der Waals surface area contributed by atoms with Gasteiger partial charge in [-0.2, -0.15) is 13.2 Å². The van der Waals surface area contributed by atoms with E-state index in [1.807, 2.05) is 0 Å². The Morgan fingerprint density at radius 2 is 1.68 bits per heavy atom. The van der Waals surface area contributed by atoms with Crippen LogP contribution in [0.2, 0.25) is 0 Å². The molecule has 156 valence electrons. The maximum absolute atomic E-state index is 12.5. The molecule has 2 rings (SSSR count). The fourth-order valence-electron chi connectivity index (χ4n) is 3.24. The minimum atomic E-state index is -4.45. The highest BCUT2D eigenvalue weighted by atomic mass is 19.4. The van der Waals surface area contributed by atoms with Crippen LogP contribution in [0.1, 0.15) is 43.2 Å². The van der Waals surface area contributed by atoms with E-state index in [4.69, 9.17) is 0 Å². The van der Waals surface area contributed by atoms with Gasteiger partial charge < -0.3 is 20.4 Å². The summed E-state index contributed by atoms with van der Waals surface area (Å²) in [4.78, 5) is 25.7. The molecule has 0 heterocycles. The third-order valence-corrected chi connectivity index (χ3v) is 5.04. The van der Waals surface area contributed by atoms with Gasteiger partial charge in [0.25, 0.3) is 11.8 Å². The van der Waals surface area contributed by atoms with Gasteiger partial charge in [-0.05, 0) is 30.5 Å². The van der Waals surface area contributed by atoms with Gasteiger partial charge in [0.2, 0.25) is 0 Å². The van der Waals surface area contributed by atoms with Crippen LogP contribution < -0.4 is 5.32 Å². The summed E-state index contributed by atoms with van der Waals surface area (Å²) in [7, 11) is 1.54. The van der Waals surface area contributed by atoms with Crippen LogP contribution >= 0.6 is 0 Å². The van der Waals surface area contributed by atoms with Gasteiger partial charge >= 0.3 is 6.18 Å². The first-order valence-electron chi connectivity index (χ1n) is 9.18. The molecule has 28 heavy (non-hydrogen) atoms. The molecule has 2 atom stereocenters. The molecule has 0 radical (unpaired) electrons. The molecule has 6 nitrogen and oxygen atoms in total. The average molecular weight is 402 g/mol. The molecule has 0 aliphatic heterocycles. The summed E-state index contributed by atoms with van der Waals surface area (Å²) in [6.45, 7) is -0.145. The average Bonchev–Trinajstić information content (AvgIpc) is 2.70. The summed E-state index contributed by atoms with van der Waals surface area (Å²) >= 11 is 0. The first-order chi connectivity index (χ1) is 13.1. The summed E-state index contributed by atoms with van der Waals surface area (Å²) in [6, 6.07) is 4.14. The minimum Gasteiger partial charge on any atom is -0.380 e. The Balaban J connectivity index is 1.87. The maximum Gasteiger partial charge on any atom is 0.416 e. The van der Waals surface area contributed by atoms with Crippen molar-refractivity contribution in [3.05, 3.63) is 35.4 Å². The van der Waals surface area contributed by atoms with Gasteiger partial charge in [0, 0.05) is 19.6 Å². The van der Waals surface area contributed by atoms with Gasteiger partial charge in [0.15, 0.2) is 12.2 Å². The van der Waals surface area contributed by atoms with Crippen molar-refractivity contribution in [1.82, 2.24) is 10.2 Å². The molecule has 3 N–H and O–H groups in total. The molecule has 9 heteroatoms. The Hall–Kier alpha value is -2.13. The normalized spacial score (nSPS) is 17.6. The molecule has 0 bridgehead atoms. The van der Waals surface area contributed by atoms with Gasteiger partial charge in [-0.3, -0.25) is 9.59 Å². The third kappa shape index (κ3) is 5.68. The number of amides is 2. The minimum absolute atomic E-state index is 0.0293. The first kappa shape index (κ1) is 22.2. The SMILES string of the molecule is CN(C(=O)C(O)C(O)C(=O)NCc1ccc(C(F)(F)F)cc1)C1CCCCC1. The lowest BCUT2D eigenvalue weighted by Gasteiger charge is -2.33. The monoisotopic (exact) mass is 402 g/mol. The molecule has 1 aliphatic rings. The predicted octanol–water partition coefficient (Wildman–Crippen LogP) is 1.83. The van der Waals surface area contributed by atoms with E-state index in [9.17, 15) is 33.0 Å². The number of nitrogens with one attached hydrogen (secondary N) is 1. The number of aliphatic hydroxyl groups excluding tert-OH is 2. The molecule has 2 unspecified atom stereocenters. The van der Waals surface area contributed by atoms with Crippen LogP contribution in [0.3, 0.4) is 0 Å². The van der Waals surface area contributed by atoms with E-state index in [-0.39, 0.29) is 12.6 Å². The van der Waals surface area contributed by atoms with Gasteiger partial charge in [0.05, 0.1) is 5.56 Å². The van der Waals surface area contributed by atoms with E-state index in [1.165, 1.54) is 24.1 Å². The Bertz CT molecular complexity index is 673. The van der Waals surface area contributed by atoms with Crippen LogP contribution in [-0.4, -0.2) is 52.2 Å². The zero-order chi connectivity index (χ0) is 20.9. The lowest BCUT2D eigenvalue weighted by atomic mass is 9.94. The number of hydrogen-bond acceptors (Lipinski definition) is 4. The molecule has 1 aromatic carbocycles. The van der Waals surface area contributed by atoms with Crippen molar-refractivity contribution in [2.45, 2.75) is 63.1 Å². The van der Waals surface area contributed by atoms with E-state index in [0.29, 0.717) is 5.56 Å². The van der Waals surface area contributed by atoms with Crippen molar-refractivity contribution in [3.8, 4) is 0 Å². The van der Waals surface area contributed by atoms with Crippen molar-refractivity contribution < 1.29 is 33.0 Å². The molecule has 1 aliphatic carbocycles. The Morgan fingerprint density at radius 3 is 2.21 bits per heavy atom. The van der Waals surface area contributed by atoms with Gasteiger partial charge in [-0.25, -0.2) is 0 Å². The van der Waals surface area contributed by atoms with Crippen LogP contribution in [0.5, 0.6) is 0 Å². The number of carbonyl (C=O) groups excluding carboxylic acids is 2. The number of likely N-dealkylation sites (N-methyl/N-ethyl adjacent to an activating group) is 1. The fourth-order valence-corrected chi connectivity index (χ4v) is 3.24. The maximum atomic E-state index is 12.5. The molecular weight excluding hydrogens is 377 g/mol. The highest BCUT2D eigenvalue weighted by Crippen LogP contribution is 2.29. The molecule has 1 saturated carbocycles. The summed E-state index contributed by atoms with van der Waals surface area (Å²) in [5, 5.41) is 22.3. The highest BCUT2D eigenvalue weighted by Gasteiger charge is 2.35. The quantitative estimate of drug-likeness (QED) is 0.677. The Labute approximate surface area is 161 Å². The summed E-state index contributed by atoms with van der Waals surface area (Å²) in [5.74, 6) is -1.71. The summed E-state index contributed by atoms with van der Waals surface area (Å²) in [5.41, 5.74) is -0.428. The number of alkyl halides is 3. The van der Waals surface area contributed by atoms with E-state index >= 15 is 0 Å². The van der Waals surface area contributed by atoms with Crippen LogP contribution in [-0.2, 0) is 22.3 Å². The molecule has 0 aromatic heterocycles. The number of rotatable bonds is 6. The summed E-state index contributed by atoms with van der Waals surface area (Å²) < 4.78 is 37.6. The van der Waals surface area contributed by atoms with Crippen molar-refractivity contribution in [1.29, 1.82) is 0 Å². The third-order valence-electron chi connectivity index (χ3n) is 5.04. The van der Waals surface area contributed by atoms with Gasteiger partial charge in [-0.1, -0.05) is 31.4 Å². The lowest BCUT2D eigenvalue weighted by Crippen LogP contribution is -2.52. The fraction of sp³-hybridized carbons (Fsp3) is 0.579. The molecule has 2 amide bonds. The second kappa shape index (κ2) is 9.38. The lowest BCUT2D eigenvalue weighted by molar-refractivity contribution is -0.154. The van der Waals surface area contributed by atoms with Gasteiger partial charge in [-0.15, -0.1) is 0 Å². The second-order valence-corrected chi connectivity index (χ2v) is 7.04. The van der Waals surface area contributed by atoms with E-state index in [1.54, 1.807) is 0 Å². The number of nitrogens with zero attached hydrogens (tertiary/aromatic N) is 1. The molecule has 0 saturated heterocycles. The molecule has 1 fully saturated rings. The summed E-state index contributed by atoms with van der Waals surface area (Å²) in [6.07, 6.45) is -3.64. The van der Waals surface area contributed by atoms with Gasteiger partial charge in [0.1, 0.15) is 0 Å². The van der Waals surface area contributed by atoms with Crippen molar-refractivity contribution in [2.24, 2.45) is 0 Å². The second-order valence-electron chi connectivity index (χ2n) is 7.04. The van der Waals surface area contributed by atoms with Crippen LogP contribution in [0.4, 0.5) is 13.2 Å².